The van der Waals surface area contributed by atoms with Gasteiger partial charge in [0.2, 0.25) is 0 Å². The number of nitrogens with two attached hydrogens (primary N) is 1. The fraction of sp³-hybridized carbons (Fsp3) is 0.562. The molecule has 0 spiro atoms. The van der Waals surface area contributed by atoms with Crippen molar-refractivity contribution < 1.29 is 0 Å². The molecule has 0 bridgehead atoms. The van der Waals surface area contributed by atoms with Crippen molar-refractivity contribution in [1.82, 2.24) is 20.2 Å². The monoisotopic (exact) mass is 285 g/mol. The van der Waals surface area contributed by atoms with Crippen molar-refractivity contribution in [3.8, 4) is 11.4 Å². The highest BCUT2D eigenvalue weighted by Gasteiger charge is 2.26. The number of hydrogen-bond acceptors (Lipinski definition) is 4. The molecule has 1 aromatic carbocycles. The van der Waals surface area contributed by atoms with Crippen LogP contribution in [0.2, 0.25) is 0 Å². The minimum absolute atomic E-state index is 0.422. The fourth-order valence-electron chi connectivity index (χ4n) is 3.41. The van der Waals surface area contributed by atoms with Crippen LogP contribution >= 0.6 is 0 Å². The zero-order valence-electron chi connectivity index (χ0n) is 12.8. The van der Waals surface area contributed by atoms with Gasteiger partial charge in [0.1, 0.15) is 0 Å². The summed E-state index contributed by atoms with van der Waals surface area (Å²) >= 11 is 0. The molecule has 1 heterocycles. The van der Waals surface area contributed by atoms with Crippen molar-refractivity contribution >= 4 is 5.69 Å². The van der Waals surface area contributed by atoms with Crippen LogP contribution in [-0.4, -0.2) is 20.2 Å². The molecule has 5 heteroatoms. The second kappa shape index (κ2) is 5.84. The van der Waals surface area contributed by atoms with E-state index in [1.807, 2.05) is 22.9 Å². The Morgan fingerprint density at radius 2 is 2.19 bits per heavy atom. The van der Waals surface area contributed by atoms with Crippen LogP contribution in [-0.2, 0) is 0 Å². The largest absolute Gasteiger partial charge is 0.399 e. The lowest BCUT2D eigenvalue weighted by Gasteiger charge is -2.28. The Labute approximate surface area is 125 Å². The van der Waals surface area contributed by atoms with E-state index in [0.29, 0.717) is 6.04 Å². The van der Waals surface area contributed by atoms with E-state index in [9.17, 15) is 0 Å². The molecule has 0 aliphatic heterocycles. The zero-order valence-corrected chi connectivity index (χ0v) is 12.8. The molecule has 3 rings (SSSR count). The summed E-state index contributed by atoms with van der Waals surface area (Å²) in [5.41, 5.74) is 8.81. The third-order valence-corrected chi connectivity index (χ3v) is 4.66. The number of hydrogen-bond donors (Lipinski definition) is 1. The van der Waals surface area contributed by atoms with E-state index < -0.39 is 0 Å². The molecule has 1 aromatic heterocycles. The third kappa shape index (κ3) is 2.77. The first-order valence-electron chi connectivity index (χ1n) is 7.83. The van der Waals surface area contributed by atoms with Gasteiger partial charge in [0.25, 0.3) is 0 Å². The molecule has 2 aromatic rings. The molecular formula is C16H23N5. The Morgan fingerprint density at radius 1 is 1.33 bits per heavy atom. The van der Waals surface area contributed by atoms with Gasteiger partial charge in [-0.25, -0.2) is 4.68 Å². The van der Waals surface area contributed by atoms with E-state index in [-0.39, 0.29) is 0 Å². The summed E-state index contributed by atoms with van der Waals surface area (Å²) in [4.78, 5) is 0. The standard InChI is InChI=1S/C16H23N5/c1-3-12-5-4-6-14(10-12)21-16(18-19-20-21)15-8-7-13(17)9-11(15)2/h7-9,12,14H,3-6,10,17H2,1-2H3. The quantitative estimate of drug-likeness (QED) is 0.878. The highest BCUT2D eigenvalue weighted by atomic mass is 15.5. The summed E-state index contributed by atoms with van der Waals surface area (Å²) in [5, 5.41) is 12.5. The molecule has 1 aliphatic carbocycles. The number of benzene rings is 1. The number of nitrogens with zero attached hydrogens (tertiary/aromatic N) is 4. The Kier molecular flexibility index (Phi) is 3.90. The molecule has 1 aliphatic rings. The summed E-state index contributed by atoms with van der Waals surface area (Å²) in [6.07, 6.45) is 6.20. The number of tetrazole rings is 1. The van der Waals surface area contributed by atoms with Gasteiger partial charge in [-0.3, -0.25) is 0 Å². The van der Waals surface area contributed by atoms with Crippen LogP contribution in [0.15, 0.2) is 18.2 Å². The normalized spacial score (nSPS) is 22.4. The first-order chi connectivity index (χ1) is 10.2. The molecule has 0 radical (unpaired) electrons. The maximum absolute atomic E-state index is 5.84. The summed E-state index contributed by atoms with van der Waals surface area (Å²) in [5.74, 6) is 1.67. The van der Waals surface area contributed by atoms with Crippen LogP contribution in [0.25, 0.3) is 11.4 Å². The van der Waals surface area contributed by atoms with Crippen LogP contribution in [0.3, 0.4) is 0 Å². The van der Waals surface area contributed by atoms with Crippen molar-refractivity contribution in [2.24, 2.45) is 5.92 Å². The van der Waals surface area contributed by atoms with Crippen LogP contribution in [0.4, 0.5) is 5.69 Å². The third-order valence-electron chi connectivity index (χ3n) is 4.66. The van der Waals surface area contributed by atoms with Gasteiger partial charge in [-0.05, 0) is 59.9 Å². The molecule has 5 nitrogen and oxygen atoms in total. The molecule has 0 saturated heterocycles. The van der Waals surface area contributed by atoms with Gasteiger partial charge in [-0.15, -0.1) is 5.10 Å². The van der Waals surface area contributed by atoms with Gasteiger partial charge in [0.05, 0.1) is 6.04 Å². The van der Waals surface area contributed by atoms with Gasteiger partial charge in [-0.1, -0.05) is 26.2 Å². The lowest BCUT2D eigenvalue weighted by atomic mass is 9.84. The first-order valence-corrected chi connectivity index (χ1v) is 7.83. The number of aromatic nitrogens is 4. The maximum Gasteiger partial charge on any atom is 0.182 e. The molecule has 112 valence electrons. The summed E-state index contributed by atoms with van der Waals surface area (Å²) in [6, 6.07) is 6.33. The van der Waals surface area contributed by atoms with Crippen LogP contribution in [0.1, 0.15) is 50.6 Å². The van der Waals surface area contributed by atoms with E-state index >= 15 is 0 Å². The van der Waals surface area contributed by atoms with E-state index in [2.05, 4.69) is 29.4 Å². The van der Waals surface area contributed by atoms with E-state index in [0.717, 1.165) is 28.6 Å². The minimum Gasteiger partial charge on any atom is -0.399 e. The van der Waals surface area contributed by atoms with Gasteiger partial charge in [0, 0.05) is 11.3 Å². The molecular weight excluding hydrogens is 262 g/mol. The SMILES string of the molecule is CCC1CCCC(n2nnnc2-c2ccc(N)cc2C)C1. The Hall–Kier alpha value is -1.91. The Bertz CT molecular complexity index is 619. The number of rotatable bonds is 3. The van der Waals surface area contributed by atoms with Crippen LogP contribution in [0.5, 0.6) is 0 Å². The van der Waals surface area contributed by atoms with Crippen LogP contribution in [0, 0.1) is 12.8 Å². The van der Waals surface area contributed by atoms with Crippen molar-refractivity contribution in [3.63, 3.8) is 0 Å². The molecule has 2 N–H and O–H groups in total. The average Bonchev–Trinajstić information content (AvgIpc) is 2.96. The lowest BCUT2D eigenvalue weighted by Crippen LogP contribution is -2.20. The molecule has 1 saturated carbocycles. The molecule has 1 fully saturated rings. The molecule has 0 amide bonds. The number of aryl methyl sites for hydroxylation is 1. The Morgan fingerprint density at radius 3 is 2.95 bits per heavy atom. The first kappa shape index (κ1) is 14.0. The maximum atomic E-state index is 5.84. The summed E-state index contributed by atoms with van der Waals surface area (Å²) < 4.78 is 2.03. The lowest BCUT2D eigenvalue weighted by molar-refractivity contribution is 0.246. The van der Waals surface area contributed by atoms with E-state index in [1.54, 1.807) is 0 Å². The van der Waals surface area contributed by atoms with Gasteiger partial charge in [0.15, 0.2) is 5.82 Å². The minimum atomic E-state index is 0.422. The highest BCUT2D eigenvalue weighted by molar-refractivity contribution is 5.63. The van der Waals surface area contributed by atoms with Crippen molar-refractivity contribution in [3.05, 3.63) is 23.8 Å². The topological polar surface area (TPSA) is 69.6 Å². The average molecular weight is 285 g/mol. The predicted octanol–water partition coefficient (Wildman–Crippen LogP) is 3.37. The second-order valence-corrected chi connectivity index (χ2v) is 6.12. The van der Waals surface area contributed by atoms with E-state index in [1.165, 1.54) is 32.1 Å². The summed E-state index contributed by atoms with van der Waals surface area (Å²) in [7, 11) is 0. The van der Waals surface area contributed by atoms with Gasteiger partial charge < -0.3 is 5.73 Å². The zero-order chi connectivity index (χ0) is 14.8. The fourth-order valence-corrected chi connectivity index (χ4v) is 3.41. The Balaban J connectivity index is 1.93. The van der Waals surface area contributed by atoms with Crippen molar-refractivity contribution in [2.45, 2.75) is 52.0 Å². The van der Waals surface area contributed by atoms with Crippen molar-refractivity contribution in [2.75, 3.05) is 5.73 Å². The van der Waals surface area contributed by atoms with Crippen LogP contribution < -0.4 is 5.73 Å². The second-order valence-electron chi connectivity index (χ2n) is 6.12. The van der Waals surface area contributed by atoms with E-state index in [4.69, 9.17) is 5.73 Å². The molecule has 21 heavy (non-hydrogen) atoms. The summed E-state index contributed by atoms with van der Waals surface area (Å²) in [6.45, 7) is 4.33. The van der Waals surface area contributed by atoms with Gasteiger partial charge in [-0.2, -0.15) is 0 Å². The molecule has 2 atom stereocenters. The number of anilines is 1. The molecule has 2 unspecified atom stereocenters. The predicted molar refractivity (Wildman–Crippen MR) is 83.7 cm³/mol. The van der Waals surface area contributed by atoms with Gasteiger partial charge >= 0.3 is 0 Å². The highest BCUT2D eigenvalue weighted by Crippen LogP contribution is 2.36. The number of nitrogen functional groups attached to an aromatic ring is 1. The van der Waals surface area contributed by atoms with Crippen molar-refractivity contribution in [1.29, 1.82) is 0 Å². The smallest absolute Gasteiger partial charge is 0.182 e.